The second-order valence-corrected chi connectivity index (χ2v) is 6.02. The molecule has 0 saturated carbocycles. The van der Waals surface area contributed by atoms with Gasteiger partial charge in [-0.05, 0) is 20.3 Å². The Morgan fingerprint density at radius 1 is 1.38 bits per heavy atom. The van der Waals surface area contributed by atoms with Crippen molar-refractivity contribution in [1.82, 2.24) is 4.31 Å². The highest BCUT2D eigenvalue weighted by molar-refractivity contribution is 7.88. The van der Waals surface area contributed by atoms with Crippen LogP contribution < -0.4 is 0 Å². The molecule has 0 radical (unpaired) electrons. The van der Waals surface area contributed by atoms with Gasteiger partial charge in [0.2, 0.25) is 10.0 Å². The highest BCUT2D eigenvalue weighted by Gasteiger charge is 2.20. The second kappa shape index (κ2) is 7.21. The predicted molar refractivity (Wildman–Crippen MR) is 63.8 cm³/mol. The Hall–Kier alpha value is -0.170. The van der Waals surface area contributed by atoms with Gasteiger partial charge in [-0.3, -0.25) is 0 Å². The van der Waals surface area contributed by atoms with E-state index >= 15 is 0 Å². The summed E-state index contributed by atoms with van der Waals surface area (Å²) in [6, 6.07) is 0. The average molecular weight is 253 g/mol. The minimum atomic E-state index is -3.19. The van der Waals surface area contributed by atoms with E-state index in [9.17, 15) is 8.42 Å². The molecule has 0 rings (SSSR count). The van der Waals surface area contributed by atoms with Gasteiger partial charge < -0.3 is 9.84 Å². The monoisotopic (exact) mass is 253 g/mol. The topological polar surface area (TPSA) is 66.8 Å². The van der Waals surface area contributed by atoms with Gasteiger partial charge >= 0.3 is 0 Å². The van der Waals surface area contributed by atoms with Crippen LogP contribution in [0.5, 0.6) is 0 Å². The summed E-state index contributed by atoms with van der Waals surface area (Å²) in [4.78, 5) is 0. The normalized spacial score (nSPS) is 14.7. The summed E-state index contributed by atoms with van der Waals surface area (Å²) in [6.45, 7) is 6.28. The maximum atomic E-state index is 11.4. The zero-order valence-electron chi connectivity index (χ0n) is 10.5. The van der Waals surface area contributed by atoms with E-state index in [1.165, 1.54) is 10.6 Å². The van der Waals surface area contributed by atoms with Crippen LogP contribution in [0.4, 0.5) is 0 Å². The summed E-state index contributed by atoms with van der Waals surface area (Å²) >= 11 is 0. The lowest BCUT2D eigenvalue weighted by atomic mass is 10.2. The molecule has 98 valence electrons. The average Bonchev–Trinajstić information content (AvgIpc) is 2.11. The standard InChI is InChI=1S/C10H23NO4S/c1-5-11(16(4,13)14)8-10(6-7-12)15-9(2)3/h9-10,12H,5-8H2,1-4H3. The molecule has 0 aromatic carbocycles. The number of likely N-dealkylation sites (N-methyl/N-ethyl adjacent to an activating group) is 1. The first-order chi connectivity index (χ1) is 7.31. The van der Waals surface area contributed by atoms with Crippen molar-refractivity contribution in [2.24, 2.45) is 0 Å². The van der Waals surface area contributed by atoms with Gasteiger partial charge in [-0.25, -0.2) is 8.42 Å². The maximum absolute atomic E-state index is 11.4. The van der Waals surface area contributed by atoms with Crippen LogP contribution in [-0.4, -0.2) is 56.0 Å². The molecule has 0 spiro atoms. The predicted octanol–water partition coefficient (Wildman–Crippen LogP) is 0.444. The van der Waals surface area contributed by atoms with Gasteiger partial charge in [0.15, 0.2) is 0 Å². The fourth-order valence-corrected chi connectivity index (χ4v) is 2.36. The second-order valence-electron chi connectivity index (χ2n) is 4.03. The van der Waals surface area contributed by atoms with Gasteiger partial charge in [0.1, 0.15) is 0 Å². The summed E-state index contributed by atoms with van der Waals surface area (Å²) in [5.41, 5.74) is 0. The molecule has 0 saturated heterocycles. The number of hydrogen-bond donors (Lipinski definition) is 1. The third-order valence-electron chi connectivity index (χ3n) is 2.14. The third kappa shape index (κ3) is 6.42. The van der Waals surface area contributed by atoms with Crippen molar-refractivity contribution in [2.75, 3.05) is 26.0 Å². The summed E-state index contributed by atoms with van der Waals surface area (Å²) in [5.74, 6) is 0. The van der Waals surface area contributed by atoms with Gasteiger partial charge in [0, 0.05) is 19.7 Å². The number of nitrogens with zero attached hydrogens (tertiary/aromatic N) is 1. The summed E-state index contributed by atoms with van der Waals surface area (Å²) in [5, 5.41) is 8.89. The number of ether oxygens (including phenoxy) is 1. The van der Waals surface area contributed by atoms with Crippen LogP contribution in [0.1, 0.15) is 27.2 Å². The summed E-state index contributed by atoms with van der Waals surface area (Å²) in [6.07, 6.45) is 1.40. The zero-order chi connectivity index (χ0) is 12.8. The van der Waals surface area contributed by atoms with Crippen molar-refractivity contribution in [1.29, 1.82) is 0 Å². The molecule has 5 nitrogen and oxygen atoms in total. The van der Waals surface area contributed by atoms with Crippen LogP contribution in [-0.2, 0) is 14.8 Å². The first-order valence-electron chi connectivity index (χ1n) is 5.52. The van der Waals surface area contributed by atoms with Crippen LogP contribution in [0, 0.1) is 0 Å². The van der Waals surface area contributed by atoms with Crippen LogP contribution >= 0.6 is 0 Å². The molecule has 1 atom stereocenters. The lowest BCUT2D eigenvalue weighted by Gasteiger charge is -2.26. The van der Waals surface area contributed by atoms with E-state index in [4.69, 9.17) is 9.84 Å². The van der Waals surface area contributed by atoms with Crippen molar-refractivity contribution in [2.45, 2.75) is 39.4 Å². The lowest BCUT2D eigenvalue weighted by molar-refractivity contribution is -0.0128. The molecule has 0 aliphatic carbocycles. The molecule has 1 N–H and O–H groups in total. The van der Waals surface area contributed by atoms with Gasteiger partial charge in [0.25, 0.3) is 0 Å². The van der Waals surface area contributed by atoms with E-state index in [2.05, 4.69) is 0 Å². The molecule has 0 amide bonds. The van der Waals surface area contributed by atoms with E-state index in [0.717, 1.165) is 0 Å². The van der Waals surface area contributed by atoms with Crippen LogP contribution in [0.2, 0.25) is 0 Å². The first kappa shape index (κ1) is 15.8. The molecule has 0 aromatic rings. The molecule has 16 heavy (non-hydrogen) atoms. The van der Waals surface area contributed by atoms with Crippen molar-refractivity contribution >= 4 is 10.0 Å². The Labute approximate surface area is 98.5 Å². The van der Waals surface area contributed by atoms with E-state index < -0.39 is 10.0 Å². The first-order valence-corrected chi connectivity index (χ1v) is 7.37. The number of sulfonamides is 1. The molecular formula is C10H23NO4S. The quantitative estimate of drug-likeness (QED) is 0.682. The Morgan fingerprint density at radius 2 is 1.94 bits per heavy atom. The molecule has 0 aliphatic rings. The number of aliphatic hydroxyl groups is 1. The van der Waals surface area contributed by atoms with Crippen LogP contribution in [0.25, 0.3) is 0 Å². The SMILES string of the molecule is CCN(CC(CCO)OC(C)C)S(C)(=O)=O. The molecule has 6 heteroatoms. The zero-order valence-corrected chi connectivity index (χ0v) is 11.3. The van der Waals surface area contributed by atoms with E-state index in [1.54, 1.807) is 6.92 Å². The largest absolute Gasteiger partial charge is 0.396 e. The van der Waals surface area contributed by atoms with Gasteiger partial charge in [-0.1, -0.05) is 6.92 Å². The molecule has 0 heterocycles. The highest BCUT2D eigenvalue weighted by Crippen LogP contribution is 2.08. The Morgan fingerprint density at radius 3 is 2.25 bits per heavy atom. The van der Waals surface area contributed by atoms with Crippen molar-refractivity contribution in [3.63, 3.8) is 0 Å². The van der Waals surface area contributed by atoms with Crippen molar-refractivity contribution in [3.8, 4) is 0 Å². The van der Waals surface area contributed by atoms with E-state index in [1.807, 2.05) is 13.8 Å². The third-order valence-corrected chi connectivity index (χ3v) is 3.49. The Kier molecular flexibility index (Phi) is 7.14. The van der Waals surface area contributed by atoms with Crippen LogP contribution in [0.3, 0.4) is 0 Å². The fourth-order valence-electron chi connectivity index (χ4n) is 1.46. The van der Waals surface area contributed by atoms with Gasteiger partial charge in [0.05, 0.1) is 18.5 Å². The molecule has 0 fully saturated rings. The number of rotatable bonds is 8. The van der Waals surface area contributed by atoms with Crippen molar-refractivity contribution in [3.05, 3.63) is 0 Å². The Bertz CT molecular complexity index is 277. The van der Waals surface area contributed by atoms with E-state index in [0.29, 0.717) is 19.5 Å². The molecule has 1 unspecified atom stereocenters. The Balaban J connectivity index is 4.46. The molecular weight excluding hydrogens is 230 g/mol. The number of aliphatic hydroxyl groups excluding tert-OH is 1. The lowest BCUT2D eigenvalue weighted by Crippen LogP contribution is -2.39. The van der Waals surface area contributed by atoms with Crippen LogP contribution in [0.15, 0.2) is 0 Å². The minimum Gasteiger partial charge on any atom is -0.396 e. The fraction of sp³-hybridized carbons (Fsp3) is 1.00. The molecule has 0 bridgehead atoms. The van der Waals surface area contributed by atoms with E-state index in [-0.39, 0.29) is 18.8 Å². The smallest absolute Gasteiger partial charge is 0.211 e. The minimum absolute atomic E-state index is 0.00129. The van der Waals surface area contributed by atoms with Gasteiger partial charge in [-0.2, -0.15) is 4.31 Å². The summed E-state index contributed by atoms with van der Waals surface area (Å²) in [7, 11) is -3.19. The molecule has 0 aliphatic heterocycles. The summed E-state index contributed by atoms with van der Waals surface area (Å²) < 4.78 is 29.7. The number of hydrogen-bond acceptors (Lipinski definition) is 4. The van der Waals surface area contributed by atoms with Crippen molar-refractivity contribution < 1.29 is 18.3 Å². The maximum Gasteiger partial charge on any atom is 0.211 e. The molecule has 0 aromatic heterocycles. The van der Waals surface area contributed by atoms with Gasteiger partial charge in [-0.15, -0.1) is 0 Å². The highest BCUT2D eigenvalue weighted by atomic mass is 32.2.